The molecule has 1 amide bonds. The second-order valence-corrected chi connectivity index (χ2v) is 15.1. The predicted octanol–water partition coefficient (Wildman–Crippen LogP) is 9.80. The summed E-state index contributed by atoms with van der Waals surface area (Å²) in [7, 11) is -3.90. The van der Waals surface area contributed by atoms with Crippen molar-refractivity contribution >= 4 is 24.6 Å². The molecule has 51 heavy (non-hydrogen) atoms. The third kappa shape index (κ3) is 7.95. The summed E-state index contributed by atoms with van der Waals surface area (Å²) in [4.78, 5) is 17.1. The van der Waals surface area contributed by atoms with E-state index in [0.717, 1.165) is 68.6 Å². The van der Waals surface area contributed by atoms with Crippen LogP contribution in [0.1, 0.15) is 57.7 Å². The molecule has 0 radical (unpaired) electrons. The van der Waals surface area contributed by atoms with Crippen LogP contribution in [0.15, 0.2) is 114 Å². The number of aryl methyl sites for hydroxylation is 3. The molecule has 2 N–H and O–H groups in total. The third-order valence-corrected chi connectivity index (χ3v) is 11.0. The standard InChI is InChI=1S/C42H43N2O6P/c1-29-14-16-36(30(2)22-29)38-23-31(3)50-40(38)26-44-41(45)42(19-20-42)35-15-17-39-37(24-35)34(25-43-39)18-21-47-51(46,48-27-32-10-6-4-7-11-32)49-28-33-12-8-5-9-13-33/h4-17,22-25,43H,18-21,26-28H2,1-3H3,(H,44,45). The summed E-state index contributed by atoms with van der Waals surface area (Å²) < 4.78 is 37.4. The van der Waals surface area contributed by atoms with E-state index in [1.54, 1.807) is 0 Å². The van der Waals surface area contributed by atoms with Crippen LogP contribution in [0.25, 0.3) is 22.0 Å². The molecule has 0 bridgehead atoms. The molecule has 262 valence electrons. The Hall–Kier alpha value is -4.72. The van der Waals surface area contributed by atoms with Gasteiger partial charge in [0.05, 0.1) is 31.8 Å². The largest absolute Gasteiger partial charge is 0.475 e. The zero-order chi connectivity index (χ0) is 35.4. The van der Waals surface area contributed by atoms with Gasteiger partial charge in [0.25, 0.3) is 0 Å². The summed E-state index contributed by atoms with van der Waals surface area (Å²) in [6.07, 6.45) is 3.95. The van der Waals surface area contributed by atoms with Gasteiger partial charge in [0.1, 0.15) is 11.5 Å². The summed E-state index contributed by atoms with van der Waals surface area (Å²) in [5, 5.41) is 4.19. The number of H-pyrrole nitrogens is 1. The Balaban J connectivity index is 1.03. The zero-order valence-corrected chi connectivity index (χ0v) is 30.1. The van der Waals surface area contributed by atoms with Crippen molar-refractivity contribution < 1.29 is 27.3 Å². The molecule has 2 heterocycles. The fourth-order valence-corrected chi connectivity index (χ4v) is 7.81. The molecule has 1 fully saturated rings. The number of furan rings is 1. The maximum Gasteiger partial charge on any atom is 0.475 e. The van der Waals surface area contributed by atoms with E-state index < -0.39 is 13.2 Å². The molecular formula is C42H43N2O6P. The van der Waals surface area contributed by atoms with Crippen LogP contribution < -0.4 is 5.32 Å². The van der Waals surface area contributed by atoms with E-state index >= 15 is 0 Å². The highest BCUT2D eigenvalue weighted by Gasteiger charge is 2.51. The van der Waals surface area contributed by atoms with Crippen LogP contribution in [0.3, 0.4) is 0 Å². The minimum Gasteiger partial charge on any atom is -0.464 e. The maximum absolute atomic E-state index is 13.8. The number of phosphoric acid groups is 1. The predicted molar refractivity (Wildman–Crippen MR) is 199 cm³/mol. The number of aromatic amines is 1. The van der Waals surface area contributed by atoms with Gasteiger partial charge in [0.15, 0.2) is 0 Å². The molecular weight excluding hydrogens is 659 g/mol. The lowest BCUT2D eigenvalue weighted by atomic mass is 9.93. The van der Waals surface area contributed by atoms with E-state index in [4.69, 9.17) is 18.0 Å². The number of rotatable bonds is 15. The lowest BCUT2D eigenvalue weighted by molar-refractivity contribution is -0.123. The van der Waals surface area contributed by atoms with E-state index in [0.29, 0.717) is 13.0 Å². The first kappa shape index (κ1) is 34.7. The molecule has 4 aromatic carbocycles. The molecule has 6 aromatic rings. The highest BCUT2D eigenvalue weighted by atomic mass is 31.2. The molecule has 0 spiro atoms. The van der Waals surface area contributed by atoms with Gasteiger partial charge >= 0.3 is 7.82 Å². The highest BCUT2D eigenvalue weighted by molar-refractivity contribution is 7.48. The molecule has 1 aliphatic carbocycles. The van der Waals surface area contributed by atoms with Gasteiger partial charge in [0.2, 0.25) is 5.91 Å². The highest BCUT2D eigenvalue weighted by Crippen LogP contribution is 2.51. The van der Waals surface area contributed by atoms with Gasteiger partial charge in [-0.05, 0) is 91.6 Å². The Kier molecular flexibility index (Phi) is 10.1. The average molecular weight is 703 g/mol. The van der Waals surface area contributed by atoms with Crippen molar-refractivity contribution in [2.45, 2.75) is 65.2 Å². The molecule has 0 atom stereocenters. The number of hydrogen-bond acceptors (Lipinski definition) is 6. The van der Waals surface area contributed by atoms with Crippen molar-refractivity contribution in [2.24, 2.45) is 0 Å². The number of phosphoric ester groups is 1. The van der Waals surface area contributed by atoms with Crippen LogP contribution >= 0.6 is 7.82 Å². The first-order valence-electron chi connectivity index (χ1n) is 17.4. The van der Waals surface area contributed by atoms with Gasteiger partial charge < -0.3 is 14.7 Å². The summed E-state index contributed by atoms with van der Waals surface area (Å²) in [5.74, 6) is 1.56. The monoisotopic (exact) mass is 702 g/mol. The van der Waals surface area contributed by atoms with Crippen molar-refractivity contribution in [3.8, 4) is 11.1 Å². The number of aromatic nitrogens is 1. The zero-order valence-electron chi connectivity index (χ0n) is 29.2. The topological polar surface area (TPSA) is 103 Å². The molecule has 7 rings (SSSR count). The second-order valence-electron chi connectivity index (χ2n) is 13.4. The van der Waals surface area contributed by atoms with Crippen molar-refractivity contribution in [1.29, 1.82) is 0 Å². The van der Waals surface area contributed by atoms with Crippen LogP contribution in [0.5, 0.6) is 0 Å². The molecule has 0 aliphatic heterocycles. The second kappa shape index (κ2) is 14.9. The molecule has 1 aliphatic rings. The fourth-order valence-electron chi connectivity index (χ4n) is 6.66. The number of fused-ring (bicyclic) bond motifs is 1. The summed E-state index contributed by atoms with van der Waals surface area (Å²) in [6, 6.07) is 33.6. The van der Waals surface area contributed by atoms with E-state index in [2.05, 4.69) is 48.4 Å². The van der Waals surface area contributed by atoms with Gasteiger partial charge in [-0.3, -0.25) is 18.4 Å². The van der Waals surface area contributed by atoms with Crippen LogP contribution in [0.2, 0.25) is 0 Å². The number of carbonyl (C=O) groups excluding carboxylic acids is 1. The average Bonchev–Trinajstić information content (AvgIpc) is 3.74. The van der Waals surface area contributed by atoms with Gasteiger partial charge in [-0.2, -0.15) is 0 Å². The van der Waals surface area contributed by atoms with Crippen molar-refractivity contribution in [1.82, 2.24) is 10.3 Å². The Morgan fingerprint density at radius 1 is 0.824 bits per heavy atom. The summed E-state index contributed by atoms with van der Waals surface area (Å²) >= 11 is 0. The van der Waals surface area contributed by atoms with Crippen molar-refractivity contribution in [3.63, 3.8) is 0 Å². The summed E-state index contributed by atoms with van der Waals surface area (Å²) in [6.45, 7) is 6.74. The third-order valence-electron chi connectivity index (χ3n) is 9.60. The van der Waals surface area contributed by atoms with Gasteiger partial charge in [-0.1, -0.05) is 90.5 Å². The Morgan fingerprint density at radius 3 is 2.16 bits per heavy atom. The van der Waals surface area contributed by atoms with Crippen LogP contribution in [0.4, 0.5) is 0 Å². The number of hydrogen-bond donors (Lipinski definition) is 2. The first-order chi connectivity index (χ1) is 24.7. The van der Waals surface area contributed by atoms with Crippen LogP contribution in [-0.2, 0) is 54.5 Å². The number of amides is 1. The molecule has 8 nitrogen and oxygen atoms in total. The Morgan fingerprint density at radius 2 is 1.51 bits per heavy atom. The lowest BCUT2D eigenvalue weighted by Gasteiger charge is -2.18. The molecule has 2 aromatic heterocycles. The lowest BCUT2D eigenvalue weighted by Crippen LogP contribution is -2.34. The smallest absolute Gasteiger partial charge is 0.464 e. The molecule has 1 saturated carbocycles. The Labute approximate surface area is 298 Å². The minimum atomic E-state index is -3.90. The molecule has 0 unspecified atom stereocenters. The number of nitrogens with one attached hydrogen (secondary N) is 2. The first-order valence-corrected chi connectivity index (χ1v) is 18.8. The van der Waals surface area contributed by atoms with E-state index in [-0.39, 0.29) is 25.7 Å². The number of benzene rings is 4. The fraction of sp³-hybridized carbons (Fsp3) is 0.262. The van der Waals surface area contributed by atoms with Gasteiger partial charge in [-0.25, -0.2) is 4.57 Å². The van der Waals surface area contributed by atoms with Gasteiger partial charge in [-0.15, -0.1) is 0 Å². The van der Waals surface area contributed by atoms with Gasteiger partial charge in [0, 0.05) is 22.7 Å². The maximum atomic E-state index is 13.8. The van der Waals surface area contributed by atoms with Crippen LogP contribution in [-0.4, -0.2) is 17.5 Å². The molecule has 9 heteroatoms. The SMILES string of the molecule is Cc1ccc(-c2cc(C)oc2CNC(=O)C2(c3ccc4[nH]cc(CCOP(=O)(OCc5ccccc5)OCc5ccccc5)c4c3)CC2)c(C)c1. The van der Waals surface area contributed by atoms with E-state index in [9.17, 15) is 9.36 Å². The van der Waals surface area contributed by atoms with Crippen molar-refractivity contribution in [2.75, 3.05) is 6.61 Å². The molecule has 0 saturated heterocycles. The van der Waals surface area contributed by atoms with Crippen molar-refractivity contribution in [3.05, 3.63) is 154 Å². The van der Waals surface area contributed by atoms with Crippen LogP contribution in [0, 0.1) is 20.8 Å². The van der Waals surface area contributed by atoms with E-state index in [1.165, 1.54) is 11.1 Å². The Bertz CT molecular complexity index is 2140. The minimum absolute atomic E-state index is 0.00466. The normalized spacial score (nSPS) is 13.8. The van der Waals surface area contributed by atoms with E-state index in [1.807, 2.05) is 92.0 Å². The summed E-state index contributed by atoms with van der Waals surface area (Å²) in [5.41, 5.74) is 8.57. The quantitative estimate of drug-likeness (QED) is 0.103. The number of carbonyl (C=O) groups is 1.